The van der Waals surface area contributed by atoms with Crippen molar-refractivity contribution in [2.24, 2.45) is 0 Å². The predicted molar refractivity (Wildman–Crippen MR) is 106 cm³/mol. The Bertz CT molecular complexity index is 928. The Hall–Kier alpha value is -3.15. The van der Waals surface area contributed by atoms with Gasteiger partial charge in [-0.3, -0.25) is 9.59 Å². The molecule has 2 aromatic rings. The number of hydrogen-bond acceptors (Lipinski definition) is 4. The van der Waals surface area contributed by atoms with Crippen LogP contribution >= 0.6 is 0 Å². The van der Waals surface area contributed by atoms with E-state index in [4.69, 9.17) is 4.74 Å². The summed E-state index contributed by atoms with van der Waals surface area (Å²) < 4.78 is 5.14. The fraction of sp³-hybridized carbons (Fsp3) is 0.318. The molecule has 2 N–H and O–H groups in total. The standard InChI is InChI=1S/C22H24N2O4/c1-22(2,3)28-21(27)24-12-6-11-23-20(26)14-9-10-16-15-7-4-5-8-17(15)19(25)18(16)13-14/h4-5,7-10,13H,6,11-12H2,1-3H3,(H,23,26)(H,24,27). The molecule has 28 heavy (non-hydrogen) atoms. The van der Waals surface area contributed by atoms with Crippen LogP contribution in [-0.2, 0) is 4.74 Å². The van der Waals surface area contributed by atoms with Crippen LogP contribution in [0, 0.1) is 0 Å². The largest absolute Gasteiger partial charge is 0.444 e. The normalized spacial score (nSPS) is 12.2. The highest BCUT2D eigenvalue weighted by Gasteiger charge is 2.26. The van der Waals surface area contributed by atoms with Gasteiger partial charge in [-0.25, -0.2) is 4.79 Å². The lowest BCUT2D eigenvalue weighted by atomic mass is 10.0. The Kier molecular flexibility index (Phi) is 5.49. The third-order valence-electron chi connectivity index (χ3n) is 4.30. The molecule has 0 radical (unpaired) electrons. The van der Waals surface area contributed by atoms with Crippen LogP contribution in [0.5, 0.6) is 0 Å². The number of rotatable bonds is 5. The summed E-state index contributed by atoms with van der Waals surface area (Å²) >= 11 is 0. The van der Waals surface area contributed by atoms with Gasteiger partial charge < -0.3 is 15.4 Å². The van der Waals surface area contributed by atoms with Gasteiger partial charge in [0.05, 0.1) is 0 Å². The van der Waals surface area contributed by atoms with Gasteiger partial charge in [-0.2, -0.15) is 0 Å². The summed E-state index contributed by atoms with van der Waals surface area (Å²) in [6.45, 7) is 6.19. The highest BCUT2D eigenvalue weighted by Crippen LogP contribution is 2.36. The zero-order valence-corrected chi connectivity index (χ0v) is 16.3. The Morgan fingerprint density at radius 3 is 2.25 bits per heavy atom. The number of ketones is 1. The van der Waals surface area contributed by atoms with E-state index >= 15 is 0 Å². The first kappa shape index (κ1) is 19.6. The number of benzene rings is 2. The van der Waals surface area contributed by atoms with Crippen molar-refractivity contribution < 1.29 is 19.1 Å². The first-order valence-electron chi connectivity index (χ1n) is 9.29. The van der Waals surface area contributed by atoms with Crippen LogP contribution in [0.15, 0.2) is 42.5 Å². The fourth-order valence-corrected chi connectivity index (χ4v) is 3.07. The minimum atomic E-state index is -0.539. The molecule has 0 aromatic heterocycles. The summed E-state index contributed by atoms with van der Waals surface area (Å²) in [5.74, 6) is -0.300. The van der Waals surface area contributed by atoms with E-state index in [0.29, 0.717) is 36.2 Å². The summed E-state index contributed by atoms with van der Waals surface area (Å²) in [5.41, 5.74) is 2.90. The topological polar surface area (TPSA) is 84.5 Å². The van der Waals surface area contributed by atoms with E-state index in [2.05, 4.69) is 10.6 Å². The Morgan fingerprint density at radius 2 is 1.54 bits per heavy atom. The van der Waals surface area contributed by atoms with E-state index in [1.807, 2.05) is 24.3 Å². The lowest BCUT2D eigenvalue weighted by molar-refractivity contribution is 0.0527. The van der Waals surface area contributed by atoms with Gasteiger partial charge in [-0.1, -0.05) is 30.3 Å². The molecule has 1 aliphatic rings. The molecule has 3 rings (SSSR count). The van der Waals surface area contributed by atoms with Crippen molar-refractivity contribution in [3.63, 3.8) is 0 Å². The number of carbonyl (C=O) groups is 3. The molecular weight excluding hydrogens is 356 g/mol. The van der Waals surface area contributed by atoms with Crippen LogP contribution in [0.1, 0.15) is 53.5 Å². The molecule has 0 saturated heterocycles. The third-order valence-corrected chi connectivity index (χ3v) is 4.30. The van der Waals surface area contributed by atoms with Crippen LogP contribution in [0.3, 0.4) is 0 Å². The van der Waals surface area contributed by atoms with Crippen molar-refractivity contribution >= 4 is 17.8 Å². The fourth-order valence-electron chi connectivity index (χ4n) is 3.07. The summed E-state index contributed by atoms with van der Waals surface area (Å²) in [7, 11) is 0. The van der Waals surface area contributed by atoms with Gasteiger partial charge in [0.1, 0.15) is 5.60 Å². The third kappa shape index (κ3) is 4.39. The molecule has 0 spiro atoms. The van der Waals surface area contributed by atoms with Gasteiger partial charge in [0, 0.05) is 29.8 Å². The summed E-state index contributed by atoms with van der Waals surface area (Å²) in [4.78, 5) is 36.5. The molecule has 0 heterocycles. The number of carbonyl (C=O) groups excluding carboxylic acids is 3. The number of fused-ring (bicyclic) bond motifs is 3. The highest BCUT2D eigenvalue weighted by atomic mass is 16.6. The molecule has 146 valence electrons. The van der Waals surface area contributed by atoms with Crippen molar-refractivity contribution in [2.75, 3.05) is 13.1 Å². The van der Waals surface area contributed by atoms with Crippen LogP contribution < -0.4 is 10.6 Å². The average molecular weight is 380 g/mol. The Morgan fingerprint density at radius 1 is 0.893 bits per heavy atom. The smallest absolute Gasteiger partial charge is 0.407 e. The van der Waals surface area contributed by atoms with Crippen molar-refractivity contribution in [3.8, 4) is 11.1 Å². The molecule has 2 amide bonds. The second-order valence-corrected chi connectivity index (χ2v) is 7.67. The molecule has 6 heteroatoms. The van der Waals surface area contributed by atoms with Crippen molar-refractivity contribution in [2.45, 2.75) is 32.8 Å². The SMILES string of the molecule is CC(C)(C)OC(=O)NCCCNC(=O)c1ccc2c(c1)C(=O)c1ccccc1-2. The molecule has 1 aliphatic carbocycles. The number of alkyl carbamates (subject to hydrolysis) is 1. The van der Waals surface area contributed by atoms with Crippen LogP contribution in [-0.4, -0.2) is 36.5 Å². The zero-order valence-electron chi connectivity index (χ0n) is 16.3. The number of amides is 2. The van der Waals surface area contributed by atoms with Crippen LogP contribution in [0.2, 0.25) is 0 Å². The lowest BCUT2D eigenvalue weighted by Gasteiger charge is -2.19. The van der Waals surface area contributed by atoms with Gasteiger partial charge in [0.2, 0.25) is 0 Å². The zero-order chi connectivity index (χ0) is 20.3. The molecule has 0 bridgehead atoms. The van der Waals surface area contributed by atoms with Gasteiger partial charge in [-0.15, -0.1) is 0 Å². The van der Waals surface area contributed by atoms with Gasteiger partial charge in [0.25, 0.3) is 5.91 Å². The summed E-state index contributed by atoms with van der Waals surface area (Å²) in [6, 6.07) is 12.6. The predicted octanol–water partition coefficient (Wildman–Crippen LogP) is 3.54. The van der Waals surface area contributed by atoms with Gasteiger partial charge in [-0.05, 0) is 50.5 Å². The minimum absolute atomic E-state index is 0.0539. The van der Waals surface area contributed by atoms with Gasteiger partial charge in [0.15, 0.2) is 5.78 Å². The Balaban J connectivity index is 1.51. The molecule has 6 nitrogen and oxygen atoms in total. The molecule has 0 atom stereocenters. The second kappa shape index (κ2) is 7.84. The first-order valence-corrected chi connectivity index (χ1v) is 9.29. The summed E-state index contributed by atoms with van der Waals surface area (Å²) in [5, 5.41) is 5.45. The Labute approximate surface area is 164 Å². The number of ether oxygens (including phenoxy) is 1. The molecule has 2 aromatic carbocycles. The highest BCUT2D eigenvalue weighted by molar-refractivity contribution is 6.22. The first-order chi connectivity index (χ1) is 13.3. The molecule has 0 aliphatic heterocycles. The van der Waals surface area contributed by atoms with E-state index in [9.17, 15) is 14.4 Å². The molecule has 0 saturated carbocycles. The average Bonchev–Trinajstić information content (AvgIpc) is 2.92. The molecule has 0 fully saturated rings. The van der Waals surface area contributed by atoms with Crippen LogP contribution in [0.4, 0.5) is 4.79 Å². The quantitative estimate of drug-likeness (QED) is 0.663. The maximum atomic E-state index is 12.5. The van der Waals surface area contributed by atoms with Crippen molar-refractivity contribution in [3.05, 3.63) is 59.2 Å². The summed E-state index contributed by atoms with van der Waals surface area (Å²) in [6.07, 6.45) is 0.0934. The van der Waals surface area contributed by atoms with E-state index in [-0.39, 0.29) is 11.7 Å². The lowest BCUT2D eigenvalue weighted by Crippen LogP contribution is -2.34. The van der Waals surface area contributed by atoms with E-state index < -0.39 is 11.7 Å². The second-order valence-electron chi connectivity index (χ2n) is 7.67. The maximum Gasteiger partial charge on any atom is 0.407 e. The van der Waals surface area contributed by atoms with E-state index in [1.165, 1.54) is 0 Å². The minimum Gasteiger partial charge on any atom is -0.444 e. The van der Waals surface area contributed by atoms with Crippen molar-refractivity contribution in [1.29, 1.82) is 0 Å². The molecular formula is C22H24N2O4. The molecule has 0 unspecified atom stereocenters. The van der Waals surface area contributed by atoms with Crippen LogP contribution in [0.25, 0.3) is 11.1 Å². The maximum absolute atomic E-state index is 12.5. The van der Waals surface area contributed by atoms with E-state index in [0.717, 1.165) is 11.1 Å². The van der Waals surface area contributed by atoms with E-state index in [1.54, 1.807) is 39.0 Å². The number of nitrogens with one attached hydrogen (secondary N) is 2. The monoisotopic (exact) mass is 380 g/mol. The van der Waals surface area contributed by atoms with Crippen molar-refractivity contribution in [1.82, 2.24) is 10.6 Å². The van der Waals surface area contributed by atoms with Gasteiger partial charge >= 0.3 is 6.09 Å². The number of hydrogen-bond donors (Lipinski definition) is 2.